The number of hydrogen-bond acceptors (Lipinski definition) is 2. The number of amides is 1. The van der Waals surface area contributed by atoms with Crippen molar-refractivity contribution in [1.82, 2.24) is 5.32 Å². The molecule has 1 amide bonds. The minimum Gasteiger partial charge on any atom is -0.481 e. The molecule has 2 N–H and O–H groups in total. The smallest absolute Gasteiger partial charge is 0.303 e. The molecule has 0 bridgehead atoms. The Bertz CT molecular complexity index is 307. The zero-order chi connectivity index (χ0) is 15.0. The molecule has 1 unspecified atom stereocenters. The summed E-state index contributed by atoms with van der Waals surface area (Å²) in [6.07, 6.45) is 7.71. The van der Waals surface area contributed by atoms with Crippen molar-refractivity contribution < 1.29 is 14.7 Å². The van der Waals surface area contributed by atoms with E-state index in [1.165, 1.54) is 12.8 Å². The Balaban J connectivity index is 2.39. The molecule has 4 nitrogen and oxygen atoms in total. The van der Waals surface area contributed by atoms with Crippen LogP contribution >= 0.6 is 0 Å². The first kappa shape index (κ1) is 17.0. The van der Waals surface area contributed by atoms with Crippen molar-refractivity contribution in [2.75, 3.05) is 6.54 Å². The van der Waals surface area contributed by atoms with Crippen LogP contribution in [0.5, 0.6) is 0 Å². The number of nitrogens with one attached hydrogen (secondary N) is 1. The topological polar surface area (TPSA) is 66.4 Å². The summed E-state index contributed by atoms with van der Waals surface area (Å²) >= 11 is 0. The summed E-state index contributed by atoms with van der Waals surface area (Å²) in [5, 5.41) is 11.9. The molecule has 0 aliphatic heterocycles. The Hall–Kier alpha value is -1.06. The standard InChI is InChI=1S/C16H29NO3/c1-12(2)9-13(10-15(18)19)11-17-16(20)14-7-5-3-4-6-8-14/h12-14H,3-11H2,1-2H3,(H,17,20)(H,18,19). The van der Waals surface area contributed by atoms with Crippen molar-refractivity contribution in [2.45, 2.75) is 65.2 Å². The largest absolute Gasteiger partial charge is 0.481 e. The first-order valence-corrected chi connectivity index (χ1v) is 7.98. The Morgan fingerprint density at radius 3 is 2.25 bits per heavy atom. The maximum Gasteiger partial charge on any atom is 0.303 e. The second-order valence-corrected chi connectivity index (χ2v) is 6.53. The van der Waals surface area contributed by atoms with E-state index in [1.807, 2.05) is 0 Å². The van der Waals surface area contributed by atoms with E-state index in [0.29, 0.717) is 12.5 Å². The molecule has 0 heterocycles. The molecule has 4 heteroatoms. The second kappa shape index (κ2) is 8.98. The molecule has 0 aromatic carbocycles. The van der Waals surface area contributed by atoms with Gasteiger partial charge in [0, 0.05) is 18.9 Å². The van der Waals surface area contributed by atoms with Gasteiger partial charge in [-0.15, -0.1) is 0 Å². The van der Waals surface area contributed by atoms with Gasteiger partial charge in [0.2, 0.25) is 5.91 Å². The molecule has 1 aliphatic rings. The van der Waals surface area contributed by atoms with E-state index in [2.05, 4.69) is 19.2 Å². The van der Waals surface area contributed by atoms with Crippen LogP contribution in [0.1, 0.15) is 65.2 Å². The van der Waals surface area contributed by atoms with Gasteiger partial charge in [-0.1, -0.05) is 39.5 Å². The first-order valence-electron chi connectivity index (χ1n) is 7.98. The van der Waals surface area contributed by atoms with Crippen molar-refractivity contribution in [3.8, 4) is 0 Å². The van der Waals surface area contributed by atoms with Gasteiger partial charge in [0.1, 0.15) is 0 Å². The van der Waals surface area contributed by atoms with Crippen molar-refractivity contribution in [3.05, 3.63) is 0 Å². The van der Waals surface area contributed by atoms with E-state index in [9.17, 15) is 9.59 Å². The van der Waals surface area contributed by atoms with Gasteiger partial charge < -0.3 is 10.4 Å². The summed E-state index contributed by atoms with van der Waals surface area (Å²) in [6.45, 7) is 4.67. The van der Waals surface area contributed by atoms with Gasteiger partial charge in [-0.3, -0.25) is 9.59 Å². The molecule has 0 radical (unpaired) electrons. The van der Waals surface area contributed by atoms with Crippen LogP contribution < -0.4 is 5.32 Å². The number of carbonyl (C=O) groups is 2. The molecular formula is C16H29NO3. The third kappa shape index (κ3) is 6.92. The van der Waals surface area contributed by atoms with Crippen LogP contribution in [0.15, 0.2) is 0 Å². The van der Waals surface area contributed by atoms with Crippen LogP contribution in [-0.2, 0) is 9.59 Å². The van der Waals surface area contributed by atoms with E-state index < -0.39 is 5.97 Å². The number of carboxylic acid groups (broad SMARTS) is 1. The normalized spacial score (nSPS) is 18.6. The minimum absolute atomic E-state index is 0.0437. The molecule has 1 aliphatic carbocycles. The summed E-state index contributed by atoms with van der Waals surface area (Å²) in [6, 6.07) is 0. The van der Waals surface area contributed by atoms with E-state index in [1.54, 1.807) is 0 Å². The zero-order valence-electron chi connectivity index (χ0n) is 12.9. The molecule has 0 saturated heterocycles. The SMILES string of the molecule is CC(C)CC(CNC(=O)C1CCCCCC1)CC(=O)O. The number of carboxylic acids is 1. The average Bonchev–Trinajstić information content (AvgIpc) is 2.63. The van der Waals surface area contributed by atoms with Crippen LogP contribution in [0.3, 0.4) is 0 Å². The quantitative estimate of drug-likeness (QED) is 0.705. The maximum atomic E-state index is 12.2. The predicted molar refractivity (Wildman–Crippen MR) is 79.4 cm³/mol. The fourth-order valence-electron chi connectivity index (χ4n) is 3.08. The van der Waals surface area contributed by atoms with Crippen molar-refractivity contribution in [3.63, 3.8) is 0 Å². The number of carbonyl (C=O) groups excluding carboxylic acids is 1. The Kier molecular flexibility index (Phi) is 7.63. The van der Waals surface area contributed by atoms with Gasteiger partial charge in [0.15, 0.2) is 0 Å². The van der Waals surface area contributed by atoms with Crippen LogP contribution in [-0.4, -0.2) is 23.5 Å². The summed E-state index contributed by atoms with van der Waals surface area (Å²) < 4.78 is 0. The lowest BCUT2D eigenvalue weighted by molar-refractivity contribution is -0.138. The van der Waals surface area contributed by atoms with E-state index >= 15 is 0 Å². The lowest BCUT2D eigenvalue weighted by Gasteiger charge is -2.20. The number of aliphatic carboxylic acids is 1. The third-order valence-corrected chi connectivity index (χ3v) is 4.06. The van der Waals surface area contributed by atoms with Crippen molar-refractivity contribution >= 4 is 11.9 Å². The summed E-state index contributed by atoms with van der Waals surface area (Å²) in [4.78, 5) is 23.0. The van der Waals surface area contributed by atoms with Crippen molar-refractivity contribution in [1.29, 1.82) is 0 Å². The Labute approximate surface area is 122 Å². The lowest BCUT2D eigenvalue weighted by atomic mass is 9.93. The Morgan fingerprint density at radius 2 is 1.75 bits per heavy atom. The van der Waals surface area contributed by atoms with E-state index in [4.69, 9.17) is 5.11 Å². The number of rotatable bonds is 7. The highest BCUT2D eigenvalue weighted by Crippen LogP contribution is 2.23. The summed E-state index contributed by atoms with van der Waals surface area (Å²) in [5.74, 6) is -0.0104. The zero-order valence-corrected chi connectivity index (χ0v) is 12.9. The lowest BCUT2D eigenvalue weighted by Crippen LogP contribution is -2.35. The van der Waals surface area contributed by atoms with Crippen molar-refractivity contribution in [2.24, 2.45) is 17.8 Å². The first-order chi connectivity index (χ1) is 9.49. The fraction of sp³-hybridized carbons (Fsp3) is 0.875. The van der Waals surface area contributed by atoms with Gasteiger partial charge in [-0.25, -0.2) is 0 Å². The highest BCUT2D eigenvalue weighted by atomic mass is 16.4. The molecule has 20 heavy (non-hydrogen) atoms. The molecule has 1 fully saturated rings. The minimum atomic E-state index is -0.778. The van der Waals surface area contributed by atoms with Gasteiger partial charge in [-0.2, -0.15) is 0 Å². The molecular weight excluding hydrogens is 254 g/mol. The molecule has 1 saturated carbocycles. The molecule has 116 valence electrons. The van der Waals surface area contributed by atoms with Crippen LogP contribution in [0.2, 0.25) is 0 Å². The monoisotopic (exact) mass is 283 g/mol. The summed E-state index contributed by atoms with van der Waals surface area (Å²) in [7, 11) is 0. The van der Waals surface area contributed by atoms with Gasteiger partial charge >= 0.3 is 5.97 Å². The molecule has 0 aromatic heterocycles. The summed E-state index contributed by atoms with van der Waals surface area (Å²) in [5.41, 5.74) is 0. The van der Waals surface area contributed by atoms with Crippen LogP contribution in [0, 0.1) is 17.8 Å². The van der Waals surface area contributed by atoms with Crippen LogP contribution in [0.25, 0.3) is 0 Å². The third-order valence-electron chi connectivity index (χ3n) is 4.06. The molecule has 1 atom stereocenters. The highest BCUT2D eigenvalue weighted by Gasteiger charge is 2.22. The van der Waals surface area contributed by atoms with E-state index in [-0.39, 0.29) is 24.2 Å². The molecule has 0 aromatic rings. The second-order valence-electron chi connectivity index (χ2n) is 6.53. The molecule has 1 rings (SSSR count). The fourth-order valence-corrected chi connectivity index (χ4v) is 3.08. The molecule has 0 spiro atoms. The van der Waals surface area contributed by atoms with E-state index in [0.717, 1.165) is 32.1 Å². The van der Waals surface area contributed by atoms with Crippen LogP contribution in [0.4, 0.5) is 0 Å². The van der Waals surface area contributed by atoms with Gasteiger partial charge in [0.05, 0.1) is 0 Å². The average molecular weight is 283 g/mol. The maximum absolute atomic E-state index is 12.2. The highest BCUT2D eigenvalue weighted by molar-refractivity contribution is 5.78. The number of hydrogen-bond donors (Lipinski definition) is 2. The van der Waals surface area contributed by atoms with Gasteiger partial charge in [0.25, 0.3) is 0 Å². The van der Waals surface area contributed by atoms with Gasteiger partial charge in [-0.05, 0) is 31.1 Å². The Morgan fingerprint density at radius 1 is 1.15 bits per heavy atom. The predicted octanol–water partition coefficient (Wildman–Crippen LogP) is 3.21.